The zero-order valence-electron chi connectivity index (χ0n) is 11.9. The van der Waals surface area contributed by atoms with E-state index in [1.54, 1.807) is 18.2 Å². The molecule has 0 saturated carbocycles. The summed E-state index contributed by atoms with van der Waals surface area (Å²) in [7, 11) is 0. The van der Waals surface area contributed by atoms with Crippen molar-refractivity contribution in [1.82, 2.24) is 9.80 Å². The Morgan fingerprint density at radius 1 is 1.36 bits per heavy atom. The largest absolute Gasteiger partial charge is 0.530 e. The number of carboxylic acid groups (broad SMARTS) is 1. The Balaban J connectivity index is 1.85. The van der Waals surface area contributed by atoms with Gasteiger partial charge in [-0.1, -0.05) is 0 Å². The molecule has 0 radical (unpaired) electrons. The van der Waals surface area contributed by atoms with Crippen LogP contribution in [0.5, 0.6) is 5.75 Å². The molecule has 1 amide bonds. The van der Waals surface area contributed by atoms with E-state index < -0.39 is 12.2 Å². The molecule has 1 saturated heterocycles. The van der Waals surface area contributed by atoms with Crippen molar-refractivity contribution in [3.63, 3.8) is 0 Å². The molecular formula is C15H16N3O4-. The fourth-order valence-electron chi connectivity index (χ4n) is 3.08. The van der Waals surface area contributed by atoms with Gasteiger partial charge in [-0.3, -0.25) is 4.90 Å². The van der Waals surface area contributed by atoms with Crippen molar-refractivity contribution in [2.24, 2.45) is 0 Å². The minimum atomic E-state index is -1.17. The summed E-state index contributed by atoms with van der Waals surface area (Å²) >= 11 is 0. The molecule has 2 aliphatic rings. The molecule has 0 aromatic heterocycles. The van der Waals surface area contributed by atoms with Crippen LogP contribution < -0.4 is 9.84 Å². The molecule has 116 valence electrons. The third kappa shape index (κ3) is 2.58. The van der Waals surface area contributed by atoms with Crippen LogP contribution in [0.15, 0.2) is 18.2 Å². The number of amides is 1. The molecule has 2 heterocycles. The molecule has 0 aliphatic carbocycles. The van der Waals surface area contributed by atoms with E-state index >= 15 is 0 Å². The Labute approximate surface area is 127 Å². The van der Waals surface area contributed by atoms with Crippen molar-refractivity contribution < 1.29 is 19.7 Å². The second-order valence-corrected chi connectivity index (χ2v) is 5.48. The van der Waals surface area contributed by atoms with Crippen LogP contribution in [0.2, 0.25) is 0 Å². The number of aliphatic hydroxyl groups excluding tert-OH is 1. The number of rotatable bonds is 1. The maximum atomic E-state index is 10.9. The van der Waals surface area contributed by atoms with Crippen molar-refractivity contribution in [2.75, 3.05) is 32.8 Å². The van der Waals surface area contributed by atoms with E-state index in [9.17, 15) is 15.0 Å². The molecule has 2 unspecified atom stereocenters. The minimum Gasteiger partial charge on any atom is -0.530 e. The fraction of sp³-hybridized carbons (Fsp3) is 0.467. The van der Waals surface area contributed by atoms with Gasteiger partial charge in [-0.25, -0.2) is 0 Å². The van der Waals surface area contributed by atoms with E-state index in [0.717, 1.165) is 5.56 Å². The van der Waals surface area contributed by atoms with E-state index in [2.05, 4.69) is 6.07 Å². The van der Waals surface area contributed by atoms with Crippen LogP contribution in [0, 0.1) is 11.3 Å². The number of piperazine rings is 1. The predicted octanol–water partition coefficient (Wildman–Crippen LogP) is -0.686. The Morgan fingerprint density at radius 2 is 2.09 bits per heavy atom. The Kier molecular flexibility index (Phi) is 3.88. The van der Waals surface area contributed by atoms with Gasteiger partial charge < -0.3 is 24.6 Å². The number of ether oxygens (including phenoxy) is 1. The van der Waals surface area contributed by atoms with Gasteiger partial charge >= 0.3 is 0 Å². The second kappa shape index (κ2) is 5.83. The van der Waals surface area contributed by atoms with Crippen molar-refractivity contribution in [3.05, 3.63) is 29.3 Å². The number of benzene rings is 1. The first-order valence-electron chi connectivity index (χ1n) is 7.15. The summed E-state index contributed by atoms with van der Waals surface area (Å²) in [5.41, 5.74) is 1.29. The first-order valence-corrected chi connectivity index (χ1v) is 7.15. The lowest BCUT2D eigenvalue weighted by molar-refractivity contribution is -0.267. The Bertz CT molecular complexity index is 620. The quantitative estimate of drug-likeness (QED) is 0.737. The van der Waals surface area contributed by atoms with E-state index in [1.807, 2.05) is 4.90 Å². The lowest BCUT2D eigenvalue weighted by atomic mass is 9.94. The lowest BCUT2D eigenvalue weighted by Crippen LogP contribution is -2.55. The SMILES string of the molecule is N#Cc1ccc2c(c1)C(N1CCN(C(=O)[O-])CC1)C(O)CO2. The number of fused-ring (bicyclic) bond motifs is 1. The van der Waals surface area contributed by atoms with Gasteiger partial charge in [0.25, 0.3) is 0 Å². The molecule has 7 heteroatoms. The molecule has 3 rings (SSSR count). The summed E-state index contributed by atoms with van der Waals surface area (Å²) in [5, 5.41) is 30.2. The smallest absolute Gasteiger partial charge is 0.137 e. The summed E-state index contributed by atoms with van der Waals surface area (Å²) in [6.07, 6.45) is -1.88. The van der Waals surface area contributed by atoms with Gasteiger partial charge in [0.1, 0.15) is 24.6 Å². The van der Waals surface area contributed by atoms with E-state index in [1.165, 1.54) is 4.90 Å². The van der Waals surface area contributed by atoms with E-state index in [0.29, 0.717) is 37.5 Å². The molecule has 0 spiro atoms. The van der Waals surface area contributed by atoms with Crippen molar-refractivity contribution in [3.8, 4) is 11.8 Å². The molecule has 0 bridgehead atoms. The fourth-order valence-corrected chi connectivity index (χ4v) is 3.08. The maximum absolute atomic E-state index is 10.9. The van der Waals surface area contributed by atoms with Gasteiger partial charge in [0, 0.05) is 31.7 Å². The number of carbonyl (C=O) groups excluding carboxylic acids is 1. The summed E-state index contributed by atoms with van der Waals surface area (Å²) in [5.74, 6) is 0.664. The molecule has 2 aliphatic heterocycles. The third-order valence-electron chi connectivity index (χ3n) is 4.20. The predicted molar refractivity (Wildman–Crippen MR) is 73.9 cm³/mol. The second-order valence-electron chi connectivity index (χ2n) is 5.48. The van der Waals surface area contributed by atoms with Crippen molar-refractivity contribution >= 4 is 6.09 Å². The van der Waals surface area contributed by atoms with Gasteiger partial charge in [-0.15, -0.1) is 0 Å². The monoisotopic (exact) mass is 302 g/mol. The summed E-state index contributed by atoms with van der Waals surface area (Å²) in [6, 6.07) is 6.95. The number of carbonyl (C=O) groups is 1. The molecule has 1 aromatic carbocycles. The number of hydrogen-bond acceptors (Lipinski definition) is 6. The summed E-state index contributed by atoms with van der Waals surface area (Å²) in [4.78, 5) is 14.2. The van der Waals surface area contributed by atoms with E-state index in [-0.39, 0.29) is 12.6 Å². The highest BCUT2D eigenvalue weighted by atomic mass is 16.5. The van der Waals surface area contributed by atoms with Gasteiger partial charge in [0.2, 0.25) is 0 Å². The number of nitrogens with zero attached hydrogens (tertiary/aromatic N) is 3. The number of hydrogen-bond donors (Lipinski definition) is 1. The molecule has 22 heavy (non-hydrogen) atoms. The molecule has 2 atom stereocenters. The highest BCUT2D eigenvalue weighted by molar-refractivity contribution is 5.62. The van der Waals surface area contributed by atoms with Crippen LogP contribution in [-0.2, 0) is 0 Å². The van der Waals surface area contributed by atoms with Gasteiger partial charge in [0.15, 0.2) is 0 Å². The summed E-state index contributed by atoms with van der Waals surface area (Å²) < 4.78 is 5.52. The van der Waals surface area contributed by atoms with Gasteiger partial charge in [0.05, 0.1) is 17.7 Å². The number of nitriles is 1. The average molecular weight is 302 g/mol. The topological polar surface area (TPSA) is 99.9 Å². The lowest BCUT2D eigenvalue weighted by Gasteiger charge is -2.43. The zero-order chi connectivity index (χ0) is 15.7. The molecular weight excluding hydrogens is 286 g/mol. The van der Waals surface area contributed by atoms with Crippen LogP contribution in [-0.4, -0.2) is 59.9 Å². The van der Waals surface area contributed by atoms with Crippen LogP contribution >= 0.6 is 0 Å². The first-order chi connectivity index (χ1) is 10.6. The number of aliphatic hydroxyl groups is 1. The Morgan fingerprint density at radius 3 is 2.73 bits per heavy atom. The average Bonchev–Trinajstić information content (AvgIpc) is 2.54. The molecule has 7 nitrogen and oxygen atoms in total. The van der Waals surface area contributed by atoms with E-state index in [4.69, 9.17) is 10.00 Å². The van der Waals surface area contributed by atoms with Crippen LogP contribution in [0.3, 0.4) is 0 Å². The first kappa shape index (κ1) is 14.6. The zero-order valence-corrected chi connectivity index (χ0v) is 11.9. The van der Waals surface area contributed by atoms with Crippen molar-refractivity contribution in [2.45, 2.75) is 12.1 Å². The van der Waals surface area contributed by atoms with Crippen LogP contribution in [0.25, 0.3) is 0 Å². The Hall–Kier alpha value is -2.30. The highest BCUT2D eigenvalue weighted by Crippen LogP contribution is 2.37. The standard InChI is InChI=1S/C15H17N3O4/c16-8-10-1-2-13-11(7-10)14(12(19)9-22-13)17-3-5-18(6-4-17)15(20)21/h1-2,7,12,14,19H,3-6,9H2,(H,20,21)/p-1. The van der Waals surface area contributed by atoms with Crippen LogP contribution in [0.1, 0.15) is 17.2 Å². The van der Waals surface area contributed by atoms with Crippen LogP contribution in [0.4, 0.5) is 4.79 Å². The summed E-state index contributed by atoms with van der Waals surface area (Å²) in [6.45, 7) is 1.89. The maximum Gasteiger partial charge on any atom is 0.137 e. The normalized spacial score (nSPS) is 25.0. The third-order valence-corrected chi connectivity index (χ3v) is 4.20. The van der Waals surface area contributed by atoms with Crippen molar-refractivity contribution in [1.29, 1.82) is 5.26 Å². The minimum absolute atomic E-state index is 0.185. The molecule has 1 aromatic rings. The van der Waals surface area contributed by atoms with Gasteiger partial charge in [-0.2, -0.15) is 5.26 Å². The molecule has 1 N–H and O–H groups in total. The highest BCUT2D eigenvalue weighted by Gasteiger charge is 2.35. The molecule has 1 fully saturated rings. The van der Waals surface area contributed by atoms with Gasteiger partial charge in [-0.05, 0) is 18.2 Å².